The number of hydrogen-bond acceptors (Lipinski definition) is 4. The standard InChI is InChI=1S/C15H31NO3/c1-14(2)13-16-8-7-15(5-4-6-15)19-12-11-18-10-9-17-3/h14,16H,4-13H2,1-3H3. The van der Waals surface area contributed by atoms with Crippen LogP contribution in [-0.2, 0) is 14.2 Å². The van der Waals surface area contributed by atoms with Crippen LogP contribution in [0.3, 0.4) is 0 Å². The minimum absolute atomic E-state index is 0.134. The lowest BCUT2D eigenvalue weighted by molar-refractivity contribution is -0.119. The number of methoxy groups -OCH3 is 1. The Morgan fingerprint density at radius 2 is 1.84 bits per heavy atom. The van der Waals surface area contributed by atoms with Gasteiger partial charge in [-0.1, -0.05) is 13.8 Å². The SMILES string of the molecule is COCCOCCOC1(CCNCC(C)C)CCC1. The van der Waals surface area contributed by atoms with E-state index in [4.69, 9.17) is 14.2 Å². The van der Waals surface area contributed by atoms with Gasteiger partial charge in [-0.15, -0.1) is 0 Å². The third kappa shape index (κ3) is 7.25. The zero-order chi connectivity index (χ0) is 14.0. The molecule has 0 aliphatic heterocycles. The maximum absolute atomic E-state index is 6.05. The van der Waals surface area contributed by atoms with E-state index in [1.54, 1.807) is 7.11 Å². The summed E-state index contributed by atoms with van der Waals surface area (Å²) in [7, 11) is 1.69. The summed E-state index contributed by atoms with van der Waals surface area (Å²) in [6.45, 7) is 9.31. The highest BCUT2D eigenvalue weighted by Crippen LogP contribution is 2.38. The Bertz CT molecular complexity index is 217. The predicted octanol–water partition coefficient (Wildman–Crippen LogP) is 2.22. The molecule has 0 aromatic heterocycles. The first kappa shape index (κ1) is 16.9. The zero-order valence-electron chi connectivity index (χ0n) is 12.9. The van der Waals surface area contributed by atoms with Crippen molar-refractivity contribution in [2.45, 2.75) is 45.1 Å². The fourth-order valence-corrected chi connectivity index (χ4v) is 2.31. The molecule has 0 radical (unpaired) electrons. The van der Waals surface area contributed by atoms with Crippen molar-refractivity contribution < 1.29 is 14.2 Å². The van der Waals surface area contributed by atoms with Gasteiger partial charge in [0, 0.05) is 7.11 Å². The average molecular weight is 273 g/mol. The second kappa shape index (κ2) is 9.70. The lowest BCUT2D eigenvalue weighted by Crippen LogP contribution is -2.43. The minimum Gasteiger partial charge on any atom is -0.382 e. The summed E-state index contributed by atoms with van der Waals surface area (Å²) in [4.78, 5) is 0. The molecule has 4 heteroatoms. The molecule has 0 unspecified atom stereocenters. The molecule has 1 fully saturated rings. The van der Waals surface area contributed by atoms with Crippen LogP contribution in [0.2, 0.25) is 0 Å². The monoisotopic (exact) mass is 273 g/mol. The Morgan fingerprint density at radius 3 is 2.42 bits per heavy atom. The van der Waals surface area contributed by atoms with Crippen LogP contribution in [0.25, 0.3) is 0 Å². The molecule has 1 saturated carbocycles. The van der Waals surface area contributed by atoms with Gasteiger partial charge in [0.15, 0.2) is 0 Å². The molecule has 1 aliphatic rings. The summed E-state index contributed by atoms with van der Waals surface area (Å²) in [5, 5.41) is 3.50. The van der Waals surface area contributed by atoms with E-state index in [9.17, 15) is 0 Å². The van der Waals surface area contributed by atoms with Crippen molar-refractivity contribution in [3.05, 3.63) is 0 Å². The van der Waals surface area contributed by atoms with Crippen LogP contribution in [0.1, 0.15) is 39.5 Å². The third-order valence-electron chi connectivity index (χ3n) is 3.64. The minimum atomic E-state index is 0.134. The largest absolute Gasteiger partial charge is 0.382 e. The molecule has 0 amide bonds. The highest BCUT2D eigenvalue weighted by atomic mass is 16.5. The quantitative estimate of drug-likeness (QED) is 0.554. The van der Waals surface area contributed by atoms with Crippen LogP contribution >= 0.6 is 0 Å². The molecule has 0 aromatic rings. The van der Waals surface area contributed by atoms with Crippen molar-refractivity contribution in [1.82, 2.24) is 5.32 Å². The van der Waals surface area contributed by atoms with E-state index in [1.807, 2.05) is 0 Å². The summed E-state index contributed by atoms with van der Waals surface area (Å²) >= 11 is 0. The number of ether oxygens (including phenoxy) is 3. The van der Waals surface area contributed by atoms with Crippen molar-refractivity contribution in [3.8, 4) is 0 Å². The van der Waals surface area contributed by atoms with Crippen LogP contribution in [0.5, 0.6) is 0 Å². The predicted molar refractivity (Wildman–Crippen MR) is 77.6 cm³/mol. The first-order valence-corrected chi connectivity index (χ1v) is 7.60. The molecule has 4 nitrogen and oxygen atoms in total. The van der Waals surface area contributed by atoms with E-state index in [0.717, 1.165) is 19.5 Å². The lowest BCUT2D eigenvalue weighted by Gasteiger charge is -2.42. The van der Waals surface area contributed by atoms with E-state index in [0.29, 0.717) is 32.3 Å². The number of rotatable bonds is 12. The first-order chi connectivity index (χ1) is 9.18. The Hall–Kier alpha value is -0.160. The Labute approximate surface area is 118 Å². The molecule has 1 rings (SSSR count). The summed E-state index contributed by atoms with van der Waals surface area (Å²) in [6, 6.07) is 0. The van der Waals surface area contributed by atoms with E-state index < -0.39 is 0 Å². The maximum atomic E-state index is 6.05. The van der Waals surface area contributed by atoms with Crippen LogP contribution < -0.4 is 5.32 Å². The molecule has 0 saturated heterocycles. The highest BCUT2D eigenvalue weighted by Gasteiger charge is 2.37. The Kier molecular flexibility index (Phi) is 8.62. The molecule has 1 N–H and O–H groups in total. The van der Waals surface area contributed by atoms with Crippen molar-refractivity contribution in [2.75, 3.05) is 46.6 Å². The maximum Gasteiger partial charge on any atom is 0.0708 e. The van der Waals surface area contributed by atoms with Crippen molar-refractivity contribution in [3.63, 3.8) is 0 Å². The fourth-order valence-electron chi connectivity index (χ4n) is 2.31. The van der Waals surface area contributed by atoms with Crippen LogP contribution in [0.4, 0.5) is 0 Å². The molecule has 0 aromatic carbocycles. The summed E-state index contributed by atoms with van der Waals surface area (Å²) in [5.74, 6) is 0.715. The van der Waals surface area contributed by atoms with Gasteiger partial charge in [0.25, 0.3) is 0 Å². The number of hydrogen-bond donors (Lipinski definition) is 1. The van der Waals surface area contributed by atoms with Gasteiger partial charge < -0.3 is 19.5 Å². The van der Waals surface area contributed by atoms with Gasteiger partial charge in [0.05, 0.1) is 32.0 Å². The highest BCUT2D eigenvalue weighted by molar-refractivity contribution is 4.90. The fraction of sp³-hybridized carbons (Fsp3) is 1.00. The van der Waals surface area contributed by atoms with Crippen molar-refractivity contribution in [2.24, 2.45) is 5.92 Å². The van der Waals surface area contributed by atoms with Gasteiger partial charge in [-0.2, -0.15) is 0 Å². The van der Waals surface area contributed by atoms with E-state index in [2.05, 4.69) is 19.2 Å². The molecule has 0 atom stereocenters. The topological polar surface area (TPSA) is 39.7 Å². The molecule has 0 heterocycles. The van der Waals surface area contributed by atoms with Gasteiger partial charge in [0.2, 0.25) is 0 Å². The van der Waals surface area contributed by atoms with Gasteiger partial charge in [-0.3, -0.25) is 0 Å². The van der Waals surface area contributed by atoms with Gasteiger partial charge in [-0.05, 0) is 44.7 Å². The van der Waals surface area contributed by atoms with E-state index >= 15 is 0 Å². The summed E-state index contributed by atoms with van der Waals surface area (Å²) in [5.41, 5.74) is 0.134. The number of nitrogens with one attached hydrogen (secondary N) is 1. The third-order valence-corrected chi connectivity index (χ3v) is 3.64. The first-order valence-electron chi connectivity index (χ1n) is 7.60. The lowest BCUT2D eigenvalue weighted by atomic mass is 9.77. The summed E-state index contributed by atoms with van der Waals surface area (Å²) in [6.07, 6.45) is 4.83. The van der Waals surface area contributed by atoms with E-state index in [1.165, 1.54) is 19.3 Å². The molecule has 19 heavy (non-hydrogen) atoms. The van der Waals surface area contributed by atoms with Crippen LogP contribution in [0, 0.1) is 5.92 Å². The average Bonchev–Trinajstić information content (AvgIpc) is 2.33. The smallest absolute Gasteiger partial charge is 0.0708 e. The van der Waals surface area contributed by atoms with Gasteiger partial charge in [0.1, 0.15) is 0 Å². The van der Waals surface area contributed by atoms with Crippen LogP contribution in [0.15, 0.2) is 0 Å². The Morgan fingerprint density at radius 1 is 1.11 bits per heavy atom. The van der Waals surface area contributed by atoms with Crippen molar-refractivity contribution >= 4 is 0 Å². The second-order valence-corrected chi connectivity index (χ2v) is 5.84. The van der Waals surface area contributed by atoms with Gasteiger partial charge >= 0.3 is 0 Å². The molecule has 0 spiro atoms. The van der Waals surface area contributed by atoms with E-state index in [-0.39, 0.29) is 5.60 Å². The summed E-state index contributed by atoms with van der Waals surface area (Å²) < 4.78 is 16.4. The van der Waals surface area contributed by atoms with Crippen molar-refractivity contribution in [1.29, 1.82) is 0 Å². The normalized spacial score (nSPS) is 17.7. The molecular weight excluding hydrogens is 242 g/mol. The Balaban J connectivity index is 2.03. The molecule has 114 valence electrons. The molecular formula is C15H31NO3. The van der Waals surface area contributed by atoms with Gasteiger partial charge in [-0.25, -0.2) is 0 Å². The zero-order valence-corrected chi connectivity index (χ0v) is 12.9. The molecule has 0 bridgehead atoms. The van der Waals surface area contributed by atoms with Crippen LogP contribution in [-0.4, -0.2) is 52.2 Å². The second-order valence-electron chi connectivity index (χ2n) is 5.84. The molecule has 1 aliphatic carbocycles.